The number of hydrogen-bond donors (Lipinski definition) is 2. The minimum atomic E-state index is -0.277. The highest BCUT2D eigenvalue weighted by molar-refractivity contribution is 7.09. The highest BCUT2D eigenvalue weighted by Gasteiger charge is 2.31. The van der Waals surface area contributed by atoms with E-state index in [0.717, 1.165) is 10.6 Å². The first kappa shape index (κ1) is 16.6. The van der Waals surface area contributed by atoms with Crippen LogP contribution in [0, 0.1) is 0 Å². The molecule has 1 saturated heterocycles. The van der Waals surface area contributed by atoms with Gasteiger partial charge in [-0.2, -0.15) is 0 Å². The standard InChI is InChI=1S/C17H20N4O2S/c18-7-6-16-20-13(11-24-16)17(23)21-9-8-19-15(22)10-14(21)12-4-2-1-3-5-12/h1-5,11,14H,6-10,18H2,(H,19,22). The summed E-state index contributed by atoms with van der Waals surface area (Å²) >= 11 is 1.45. The van der Waals surface area contributed by atoms with Crippen LogP contribution in [0.4, 0.5) is 0 Å². The second-order valence-corrected chi connectivity index (χ2v) is 6.59. The van der Waals surface area contributed by atoms with Crippen molar-refractivity contribution in [1.29, 1.82) is 0 Å². The first-order chi connectivity index (χ1) is 11.7. The van der Waals surface area contributed by atoms with Gasteiger partial charge in [-0.1, -0.05) is 30.3 Å². The molecule has 1 aromatic heterocycles. The first-order valence-corrected chi connectivity index (χ1v) is 8.84. The van der Waals surface area contributed by atoms with E-state index < -0.39 is 0 Å². The number of nitrogens with one attached hydrogen (secondary N) is 1. The van der Waals surface area contributed by atoms with E-state index >= 15 is 0 Å². The molecule has 1 aliphatic heterocycles. The van der Waals surface area contributed by atoms with Gasteiger partial charge in [0.1, 0.15) is 5.69 Å². The molecule has 2 heterocycles. The van der Waals surface area contributed by atoms with E-state index in [4.69, 9.17) is 5.73 Å². The molecule has 1 aliphatic rings. The number of thiazole rings is 1. The zero-order valence-electron chi connectivity index (χ0n) is 13.3. The summed E-state index contributed by atoms with van der Waals surface area (Å²) in [6.45, 7) is 1.43. The summed E-state index contributed by atoms with van der Waals surface area (Å²) in [5, 5.41) is 5.47. The van der Waals surface area contributed by atoms with Crippen LogP contribution in [-0.2, 0) is 11.2 Å². The topological polar surface area (TPSA) is 88.3 Å². The Morgan fingerprint density at radius 1 is 1.38 bits per heavy atom. The third-order valence-electron chi connectivity index (χ3n) is 4.00. The van der Waals surface area contributed by atoms with Gasteiger partial charge >= 0.3 is 0 Å². The molecule has 0 aliphatic carbocycles. The van der Waals surface area contributed by atoms with Crippen molar-refractivity contribution in [2.24, 2.45) is 5.73 Å². The van der Waals surface area contributed by atoms with Gasteiger partial charge in [0.25, 0.3) is 5.91 Å². The van der Waals surface area contributed by atoms with Crippen LogP contribution in [0.1, 0.15) is 33.5 Å². The lowest BCUT2D eigenvalue weighted by Gasteiger charge is -2.29. The Hall–Kier alpha value is -2.25. The number of hydrogen-bond acceptors (Lipinski definition) is 5. The van der Waals surface area contributed by atoms with E-state index in [1.807, 2.05) is 30.3 Å². The lowest BCUT2D eigenvalue weighted by atomic mass is 10.0. The van der Waals surface area contributed by atoms with E-state index in [-0.39, 0.29) is 24.3 Å². The van der Waals surface area contributed by atoms with Crippen molar-refractivity contribution in [2.45, 2.75) is 18.9 Å². The average Bonchev–Trinajstić information content (AvgIpc) is 2.97. The zero-order valence-corrected chi connectivity index (χ0v) is 14.1. The summed E-state index contributed by atoms with van der Waals surface area (Å²) in [5.41, 5.74) is 6.94. The molecule has 3 rings (SSSR count). The Kier molecular flexibility index (Phi) is 5.22. The fraction of sp³-hybridized carbons (Fsp3) is 0.353. The zero-order chi connectivity index (χ0) is 16.9. The molecular weight excluding hydrogens is 324 g/mol. The normalized spacial score (nSPS) is 18.1. The van der Waals surface area contributed by atoms with Gasteiger partial charge in [0.2, 0.25) is 5.91 Å². The molecule has 1 unspecified atom stereocenters. The summed E-state index contributed by atoms with van der Waals surface area (Å²) in [5.74, 6) is -0.180. The van der Waals surface area contributed by atoms with E-state index in [2.05, 4.69) is 10.3 Å². The quantitative estimate of drug-likeness (QED) is 0.876. The number of benzene rings is 1. The van der Waals surface area contributed by atoms with Crippen molar-refractivity contribution in [3.63, 3.8) is 0 Å². The van der Waals surface area contributed by atoms with Crippen molar-refractivity contribution < 1.29 is 9.59 Å². The fourth-order valence-corrected chi connectivity index (χ4v) is 3.63. The van der Waals surface area contributed by atoms with Gasteiger partial charge in [-0.15, -0.1) is 11.3 Å². The van der Waals surface area contributed by atoms with Gasteiger partial charge in [-0.25, -0.2) is 4.98 Å². The Morgan fingerprint density at radius 3 is 2.92 bits per heavy atom. The molecule has 1 fully saturated rings. The molecule has 2 aromatic rings. The predicted octanol–water partition coefficient (Wildman–Crippen LogP) is 1.35. The van der Waals surface area contributed by atoms with Gasteiger partial charge in [0.15, 0.2) is 0 Å². The van der Waals surface area contributed by atoms with Crippen molar-refractivity contribution in [2.75, 3.05) is 19.6 Å². The number of aromatic nitrogens is 1. The highest BCUT2D eigenvalue weighted by atomic mass is 32.1. The minimum Gasteiger partial charge on any atom is -0.354 e. The maximum Gasteiger partial charge on any atom is 0.273 e. The third kappa shape index (κ3) is 3.63. The smallest absolute Gasteiger partial charge is 0.273 e. The molecule has 24 heavy (non-hydrogen) atoms. The Balaban J connectivity index is 1.89. The van der Waals surface area contributed by atoms with Crippen LogP contribution in [0.2, 0.25) is 0 Å². The number of carbonyl (C=O) groups is 2. The van der Waals surface area contributed by atoms with Crippen molar-refractivity contribution in [3.8, 4) is 0 Å². The van der Waals surface area contributed by atoms with Gasteiger partial charge in [0.05, 0.1) is 17.5 Å². The summed E-state index contributed by atoms with van der Waals surface area (Å²) in [7, 11) is 0. The summed E-state index contributed by atoms with van der Waals surface area (Å²) in [6.07, 6.45) is 0.926. The van der Waals surface area contributed by atoms with E-state index in [0.29, 0.717) is 31.7 Å². The second-order valence-electron chi connectivity index (χ2n) is 5.64. The number of amides is 2. The Bertz CT molecular complexity index is 716. The van der Waals surface area contributed by atoms with Crippen LogP contribution in [-0.4, -0.2) is 41.3 Å². The van der Waals surface area contributed by atoms with Crippen molar-refractivity contribution in [3.05, 3.63) is 52.0 Å². The van der Waals surface area contributed by atoms with Crippen LogP contribution in [0.15, 0.2) is 35.7 Å². The minimum absolute atomic E-state index is 0.0405. The van der Waals surface area contributed by atoms with Crippen molar-refractivity contribution in [1.82, 2.24) is 15.2 Å². The van der Waals surface area contributed by atoms with Crippen LogP contribution in [0.25, 0.3) is 0 Å². The van der Waals surface area contributed by atoms with Crippen LogP contribution < -0.4 is 11.1 Å². The van der Waals surface area contributed by atoms with Gasteiger partial charge in [0, 0.05) is 24.9 Å². The summed E-state index contributed by atoms with van der Waals surface area (Å²) in [4.78, 5) is 31.1. The Labute approximate surface area is 144 Å². The molecule has 126 valence electrons. The molecule has 0 radical (unpaired) electrons. The molecule has 1 aromatic carbocycles. The lowest BCUT2D eigenvalue weighted by Crippen LogP contribution is -2.36. The fourth-order valence-electron chi connectivity index (χ4n) is 2.84. The molecule has 7 heteroatoms. The Morgan fingerprint density at radius 2 is 2.17 bits per heavy atom. The lowest BCUT2D eigenvalue weighted by molar-refractivity contribution is -0.121. The average molecular weight is 344 g/mol. The number of nitrogens with zero attached hydrogens (tertiary/aromatic N) is 2. The second kappa shape index (κ2) is 7.55. The van der Waals surface area contributed by atoms with E-state index in [1.165, 1.54) is 11.3 Å². The summed E-state index contributed by atoms with van der Waals surface area (Å²) < 4.78 is 0. The van der Waals surface area contributed by atoms with E-state index in [1.54, 1.807) is 10.3 Å². The molecular formula is C17H20N4O2S. The molecule has 6 nitrogen and oxygen atoms in total. The number of rotatable bonds is 4. The van der Waals surface area contributed by atoms with Gasteiger partial charge < -0.3 is 16.0 Å². The van der Waals surface area contributed by atoms with Gasteiger partial charge in [-0.3, -0.25) is 9.59 Å². The molecule has 0 saturated carbocycles. The number of nitrogens with two attached hydrogens (primary N) is 1. The van der Waals surface area contributed by atoms with E-state index in [9.17, 15) is 9.59 Å². The molecule has 0 bridgehead atoms. The van der Waals surface area contributed by atoms with Crippen LogP contribution >= 0.6 is 11.3 Å². The first-order valence-electron chi connectivity index (χ1n) is 7.96. The molecule has 0 spiro atoms. The van der Waals surface area contributed by atoms with Crippen LogP contribution in [0.3, 0.4) is 0 Å². The SMILES string of the molecule is NCCc1nc(C(=O)N2CCNC(=O)CC2c2ccccc2)cs1. The van der Waals surface area contributed by atoms with Crippen LogP contribution in [0.5, 0.6) is 0 Å². The monoisotopic (exact) mass is 344 g/mol. The maximum absolute atomic E-state index is 13.0. The largest absolute Gasteiger partial charge is 0.354 e. The molecule has 1 atom stereocenters. The maximum atomic E-state index is 13.0. The van der Waals surface area contributed by atoms with Crippen molar-refractivity contribution >= 4 is 23.2 Å². The molecule has 3 N–H and O–H groups in total. The van der Waals surface area contributed by atoms with Gasteiger partial charge in [-0.05, 0) is 12.1 Å². The highest BCUT2D eigenvalue weighted by Crippen LogP contribution is 2.27. The third-order valence-corrected chi connectivity index (χ3v) is 4.91. The summed E-state index contributed by atoms with van der Waals surface area (Å²) in [6, 6.07) is 9.38. The number of carbonyl (C=O) groups excluding carboxylic acids is 2. The molecule has 2 amide bonds. The predicted molar refractivity (Wildman–Crippen MR) is 92.7 cm³/mol.